The molecule has 0 aliphatic heterocycles. The molecule has 8 aromatic rings. The zero-order valence-electron chi connectivity index (χ0n) is 34.1. The maximum Gasteiger partial charge on any atom is 0.200 e. The van der Waals surface area contributed by atoms with E-state index >= 15 is 35.1 Å². The first kappa shape index (κ1) is 50.7. The van der Waals surface area contributed by atoms with Crippen LogP contribution in [0, 0.1) is 116 Å². The van der Waals surface area contributed by atoms with Crippen LogP contribution in [0.4, 0.5) is 87.8 Å². The minimum atomic E-state index is -7.22. The number of hydrogen-bond donors (Lipinski definition) is 0. The molecule has 0 aromatic heterocycles. The molecule has 0 aliphatic carbocycles. The van der Waals surface area contributed by atoms with E-state index in [1.165, 1.54) is 21.2 Å². The second kappa shape index (κ2) is 19.3. The van der Waals surface area contributed by atoms with Crippen molar-refractivity contribution in [3.05, 3.63) is 238 Å². The molecule has 0 radical (unpaired) electrons. The van der Waals surface area contributed by atoms with Gasteiger partial charge >= 0.3 is 0 Å². The van der Waals surface area contributed by atoms with Gasteiger partial charge in [0.25, 0.3) is 0 Å². The molecule has 70 heavy (non-hydrogen) atoms. The first-order valence-electron chi connectivity index (χ1n) is 19.5. The molecule has 0 saturated carbocycles. The summed E-state index contributed by atoms with van der Waals surface area (Å²) >= 11 is 0. The first-order valence-corrected chi connectivity index (χ1v) is 21.3. The van der Waals surface area contributed by atoms with Crippen LogP contribution < -0.4 is 43.1 Å². The van der Waals surface area contributed by atoms with Crippen LogP contribution in [0.5, 0.6) is 0 Å². The van der Waals surface area contributed by atoms with Gasteiger partial charge in [-0.05, 0) is 48.5 Å². The molecule has 22 heteroatoms. The summed E-state index contributed by atoms with van der Waals surface area (Å²) in [7, 11) is -1.91. The van der Waals surface area contributed by atoms with Gasteiger partial charge in [-0.25, -0.2) is 87.8 Å². The Morgan fingerprint density at radius 1 is 0.186 bits per heavy atom. The van der Waals surface area contributed by atoms with E-state index in [1.54, 1.807) is 0 Å². The van der Waals surface area contributed by atoms with Crippen molar-refractivity contribution in [1.82, 2.24) is 0 Å². The Labute approximate surface area is 381 Å². The molecule has 0 nitrogen and oxygen atoms in total. The minimum Gasteiger partial charge on any atom is -0.207 e. The van der Waals surface area contributed by atoms with E-state index in [2.05, 4.69) is 121 Å². The fourth-order valence-corrected chi connectivity index (χ4v) is 12.6. The summed E-state index contributed by atoms with van der Waals surface area (Å²) in [6, 6.07) is 43.8. The van der Waals surface area contributed by atoms with Crippen molar-refractivity contribution in [2.24, 2.45) is 0 Å². The van der Waals surface area contributed by atoms with E-state index in [-0.39, 0.29) is 0 Å². The van der Waals surface area contributed by atoms with Gasteiger partial charge in [-0.15, -0.1) is 21.9 Å². The Bertz CT molecular complexity index is 2760. The Balaban J connectivity index is 0.000000242. The van der Waals surface area contributed by atoms with Crippen molar-refractivity contribution >= 4 is 56.5 Å². The Morgan fingerprint density at radius 3 is 0.457 bits per heavy atom. The molecule has 0 bridgehead atoms. The highest BCUT2D eigenvalue weighted by Gasteiger charge is 2.53. The van der Waals surface area contributed by atoms with Crippen LogP contribution >= 0.6 is 7.26 Å². The zero-order valence-corrected chi connectivity index (χ0v) is 35.0. The Hall–Kier alpha value is -7.15. The number of benzene rings is 8. The predicted octanol–water partition coefficient (Wildman–Crippen LogP) is 10.2. The average molecular weight is 1020 g/mol. The molecule has 0 spiro atoms. The molecule has 360 valence electrons. The molecular formula is C48H20BF20P. The molecule has 0 aliphatic rings. The van der Waals surface area contributed by atoms with Crippen molar-refractivity contribution in [3.8, 4) is 0 Å². The van der Waals surface area contributed by atoms with Gasteiger partial charge in [0.15, 0.2) is 69.8 Å². The van der Waals surface area contributed by atoms with Gasteiger partial charge in [-0.3, -0.25) is 0 Å². The lowest BCUT2D eigenvalue weighted by Crippen LogP contribution is -2.81. The van der Waals surface area contributed by atoms with Crippen LogP contribution in [0.3, 0.4) is 0 Å². The third-order valence-electron chi connectivity index (χ3n) is 11.3. The third-order valence-corrected chi connectivity index (χ3v) is 15.6. The van der Waals surface area contributed by atoms with E-state index in [4.69, 9.17) is 0 Å². The second-order valence-electron chi connectivity index (χ2n) is 14.8. The summed E-state index contributed by atoms with van der Waals surface area (Å²) in [5.41, 5.74) is -14.3. The van der Waals surface area contributed by atoms with Gasteiger partial charge in [-0.2, -0.15) is 0 Å². The molecule has 0 amide bonds. The lowest BCUT2D eigenvalue weighted by atomic mass is 9.12. The maximum absolute atomic E-state index is 15.4. The van der Waals surface area contributed by atoms with Gasteiger partial charge in [0, 0.05) is 0 Å². The lowest BCUT2D eigenvalue weighted by Gasteiger charge is -2.44. The SMILES string of the molecule is Fc1c(F)c(F)c([B-](c2c(F)c(F)c(F)c(F)c2F)(c2c(F)c(F)c(F)c(F)c2F)c2c(F)c(F)c(F)c(F)c2F)c(F)c1F.c1ccc([P+](c2ccccc2)(c2ccccc2)c2ccccc2)cc1. The van der Waals surface area contributed by atoms with Gasteiger partial charge in [0.1, 0.15) is 81.2 Å². The molecule has 0 N–H and O–H groups in total. The largest absolute Gasteiger partial charge is 0.207 e. The van der Waals surface area contributed by atoms with E-state index in [0.717, 1.165) is 0 Å². The second-order valence-corrected chi connectivity index (χ2v) is 18.2. The van der Waals surface area contributed by atoms with Crippen LogP contribution in [-0.4, -0.2) is 6.15 Å². The molecular weight excluding hydrogens is 998 g/mol. The topological polar surface area (TPSA) is 0 Å². The van der Waals surface area contributed by atoms with Crippen LogP contribution in [0.2, 0.25) is 0 Å². The number of halogens is 20. The average Bonchev–Trinajstić information content (AvgIpc) is 3.38. The fourth-order valence-electron chi connectivity index (χ4n) is 8.38. The minimum absolute atomic E-state index is 1.39. The normalized spacial score (nSPS) is 11.7. The Morgan fingerprint density at radius 2 is 0.314 bits per heavy atom. The highest BCUT2D eigenvalue weighted by Crippen LogP contribution is 2.54. The Kier molecular flexibility index (Phi) is 14.0. The quantitative estimate of drug-likeness (QED) is 0.0468. The van der Waals surface area contributed by atoms with Gasteiger partial charge in [0.2, 0.25) is 0 Å². The van der Waals surface area contributed by atoms with Crippen LogP contribution in [-0.2, 0) is 0 Å². The van der Waals surface area contributed by atoms with Crippen molar-refractivity contribution in [2.45, 2.75) is 0 Å². The molecule has 0 atom stereocenters. The highest BCUT2D eigenvalue weighted by molar-refractivity contribution is 8.01. The zero-order chi connectivity index (χ0) is 51.3. The molecule has 0 saturated heterocycles. The summed E-state index contributed by atoms with van der Waals surface area (Å²) in [6.45, 7) is 0. The van der Waals surface area contributed by atoms with E-state index in [9.17, 15) is 52.7 Å². The van der Waals surface area contributed by atoms with E-state index < -0.39 is 152 Å². The first-order chi connectivity index (χ1) is 33.1. The van der Waals surface area contributed by atoms with E-state index in [1.807, 2.05) is 0 Å². The molecule has 8 aromatic carbocycles. The van der Waals surface area contributed by atoms with Gasteiger partial charge in [0.05, 0.1) is 0 Å². The molecule has 8 rings (SSSR count). The van der Waals surface area contributed by atoms with Gasteiger partial charge in [-0.1, -0.05) is 72.8 Å². The summed E-state index contributed by atoms with van der Waals surface area (Å²) < 4.78 is 294. The molecule has 0 unspecified atom stereocenters. The van der Waals surface area contributed by atoms with Crippen LogP contribution in [0.15, 0.2) is 121 Å². The van der Waals surface area contributed by atoms with Crippen LogP contribution in [0.1, 0.15) is 0 Å². The lowest BCUT2D eigenvalue weighted by molar-refractivity contribution is 0.378. The summed E-state index contributed by atoms with van der Waals surface area (Å²) in [6.07, 6.45) is -7.22. The van der Waals surface area contributed by atoms with Crippen molar-refractivity contribution in [2.75, 3.05) is 0 Å². The van der Waals surface area contributed by atoms with Crippen molar-refractivity contribution < 1.29 is 87.8 Å². The standard InChI is InChI=1S/C24BF20.C24H20P/c26-5-1(6(27)14(35)21(42)13(5)34)25(2-7(28)15(36)22(43)16(37)8(2)29,3-9(30)17(38)23(44)18(39)10(3)31)4-11(32)19(40)24(45)20(41)12(4)33;1-5-13-21(14-6-1)25(22-15-7-2-8-16-22,23-17-9-3-10-18-23)24-19-11-4-12-20-24/h;1-20H/q-1;+1. The van der Waals surface area contributed by atoms with Crippen molar-refractivity contribution in [3.63, 3.8) is 0 Å². The monoisotopic (exact) mass is 1020 g/mol. The predicted molar refractivity (Wildman–Crippen MR) is 220 cm³/mol. The third kappa shape index (κ3) is 7.65. The van der Waals surface area contributed by atoms with Crippen molar-refractivity contribution in [1.29, 1.82) is 0 Å². The smallest absolute Gasteiger partial charge is 0.200 e. The number of rotatable bonds is 8. The van der Waals surface area contributed by atoms with Gasteiger partial charge < -0.3 is 0 Å². The molecule has 0 heterocycles. The highest BCUT2D eigenvalue weighted by atomic mass is 31.2. The summed E-state index contributed by atoms with van der Waals surface area (Å²) in [5.74, 6) is -71.4. The molecule has 0 fully saturated rings. The maximum atomic E-state index is 15.4. The fraction of sp³-hybridized carbons (Fsp3) is 0. The summed E-state index contributed by atoms with van der Waals surface area (Å²) in [5, 5.41) is 5.55. The van der Waals surface area contributed by atoms with Crippen LogP contribution in [0.25, 0.3) is 0 Å². The number of hydrogen-bond acceptors (Lipinski definition) is 0. The summed E-state index contributed by atoms with van der Waals surface area (Å²) in [4.78, 5) is 0. The van der Waals surface area contributed by atoms with E-state index in [0.29, 0.717) is 0 Å².